The predicted molar refractivity (Wildman–Crippen MR) is 275 cm³/mol. The summed E-state index contributed by atoms with van der Waals surface area (Å²) in [5.74, 6) is -0.922. The maximum Gasteiger partial charge on any atom is 0.306 e. The van der Waals surface area contributed by atoms with Crippen LogP contribution in [0, 0.1) is 0 Å². The second-order valence-corrected chi connectivity index (χ2v) is 18.2. The van der Waals surface area contributed by atoms with E-state index in [4.69, 9.17) is 14.2 Å². The molecule has 6 heteroatoms. The van der Waals surface area contributed by atoms with E-state index in [-0.39, 0.29) is 31.1 Å². The molecule has 0 saturated carbocycles. The van der Waals surface area contributed by atoms with Crippen molar-refractivity contribution in [2.75, 3.05) is 13.2 Å². The number of hydrogen-bond acceptors (Lipinski definition) is 6. The Morgan fingerprint density at radius 3 is 1.02 bits per heavy atom. The van der Waals surface area contributed by atoms with Crippen LogP contribution in [0.1, 0.15) is 271 Å². The fraction of sp³-hybridized carbons (Fsp3) is 0.776. The Morgan fingerprint density at radius 1 is 0.328 bits per heavy atom. The SMILES string of the molecule is CC\C=C/C=C\C=C/C=C\CCCCCC(=O)OCC(COC(=O)CCCCCCCCC/C=C\CCCCCCCC)OC(=O)CCCCCCCCCCCCCCCCCC. The molecule has 0 N–H and O–H groups in total. The highest BCUT2D eigenvalue weighted by molar-refractivity contribution is 5.71. The highest BCUT2D eigenvalue weighted by Crippen LogP contribution is 2.16. The number of allylic oxidation sites excluding steroid dienone is 10. The van der Waals surface area contributed by atoms with Crippen molar-refractivity contribution >= 4 is 17.9 Å². The normalized spacial score (nSPS) is 12.5. The molecule has 0 amide bonds. The number of rotatable bonds is 49. The van der Waals surface area contributed by atoms with Gasteiger partial charge in [0, 0.05) is 19.3 Å². The van der Waals surface area contributed by atoms with E-state index >= 15 is 0 Å². The Labute approximate surface area is 396 Å². The van der Waals surface area contributed by atoms with Crippen LogP contribution >= 0.6 is 0 Å². The van der Waals surface area contributed by atoms with Crippen LogP contribution in [-0.4, -0.2) is 37.2 Å². The molecule has 0 aromatic rings. The molecule has 0 aliphatic heterocycles. The zero-order valence-corrected chi connectivity index (χ0v) is 42.3. The molecular weight excluding hydrogens is 793 g/mol. The zero-order valence-electron chi connectivity index (χ0n) is 42.3. The monoisotopic (exact) mass is 895 g/mol. The van der Waals surface area contributed by atoms with Crippen molar-refractivity contribution in [1.82, 2.24) is 0 Å². The molecule has 1 unspecified atom stereocenters. The number of esters is 3. The molecule has 0 heterocycles. The third kappa shape index (κ3) is 50.1. The van der Waals surface area contributed by atoms with E-state index in [0.717, 1.165) is 70.6 Å². The summed E-state index contributed by atoms with van der Waals surface area (Å²) in [4.78, 5) is 38.0. The van der Waals surface area contributed by atoms with Gasteiger partial charge in [0.15, 0.2) is 6.10 Å². The second kappa shape index (κ2) is 52.7. The first kappa shape index (κ1) is 61.1. The topological polar surface area (TPSA) is 78.9 Å². The lowest BCUT2D eigenvalue weighted by molar-refractivity contribution is -0.167. The minimum atomic E-state index is -0.789. The summed E-state index contributed by atoms with van der Waals surface area (Å²) >= 11 is 0. The van der Waals surface area contributed by atoms with Crippen LogP contribution in [0.4, 0.5) is 0 Å². The van der Waals surface area contributed by atoms with E-state index in [1.54, 1.807) is 0 Å². The quantitative estimate of drug-likeness (QED) is 0.0199. The molecule has 0 spiro atoms. The van der Waals surface area contributed by atoms with Crippen molar-refractivity contribution in [3.05, 3.63) is 60.8 Å². The van der Waals surface area contributed by atoms with Gasteiger partial charge in [0.1, 0.15) is 13.2 Å². The van der Waals surface area contributed by atoms with Crippen molar-refractivity contribution in [1.29, 1.82) is 0 Å². The number of hydrogen-bond donors (Lipinski definition) is 0. The van der Waals surface area contributed by atoms with Crippen molar-refractivity contribution < 1.29 is 28.6 Å². The summed E-state index contributed by atoms with van der Waals surface area (Å²) < 4.78 is 16.8. The van der Waals surface area contributed by atoms with Gasteiger partial charge < -0.3 is 14.2 Å². The standard InChI is InChI=1S/C58H102O6/c1-4-7-10-13-16-19-22-25-27-29-31-33-36-39-42-45-48-51-57(60)63-54-55(53-62-56(59)50-47-44-41-38-35-32-24-21-18-15-12-9-6-3)64-58(61)52-49-46-43-40-37-34-30-28-26-23-20-17-14-11-8-5-2/h9,12,15,18,21,24-25,27,32,35,55H,4-8,10-11,13-14,16-17,19-20,22-23,26,28-31,33-34,36-54H2,1-3H3/b12-9-,18-15-,24-21-,27-25-,35-32-. The van der Waals surface area contributed by atoms with E-state index in [2.05, 4.69) is 51.2 Å². The van der Waals surface area contributed by atoms with Gasteiger partial charge in [-0.05, 0) is 64.2 Å². The Morgan fingerprint density at radius 2 is 0.625 bits per heavy atom. The minimum absolute atomic E-state index is 0.0871. The van der Waals surface area contributed by atoms with Crippen LogP contribution in [0.2, 0.25) is 0 Å². The van der Waals surface area contributed by atoms with Crippen LogP contribution in [-0.2, 0) is 28.6 Å². The molecule has 0 aromatic carbocycles. The predicted octanol–water partition coefficient (Wildman–Crippen LogP) is 18.0. The Balaban J connectivity index is 4.40. The molecule has 0 saturated heterocycles. The van der Waals surface area contributed by atoms with Crippen molar-refractivity contribution in [3.63, 3.8) is 0 Å². The van der Waals surface area contributed by atoms with Crippen LogP contribution in [0.15, 0.2) is 60.8 Å². The summed E-state index contributed by atoms with van der Waals surface area (Å²) in [6, 6.07) is 0. The lowest BCUT2D eigenvalue weighted by Crippen LogP contribution is -2.30. The molecule has 0 bridgehead atoms. The molecule has 6 nitrogen and oxygen atoms in total. The molecule has 0 aliphatic rings. The van der Waals surface area contributed by atoms with Gasteiger partial charge in [0.05, 0.1) is 0 Å². The van der Waals surface area contributed by atoms with E-state index in [9.17, 15) is 14.4 Å². The minimum Gasteiger partial charge on any atom is -0.462 e. The van der Waals surface area contributed by atoms with E-state index in [1.165, 1.54) is 161 Å². The summed E-state index contributed by atoms with van der Waals surface area (Å²) in [6.07, 6.45) is 64.9. The van der Waals surface area contributed by atoms with Crippen molar-refractivity contribution in [2.24, 2.45) is 0 Å². The summed E-state index contributed by atoms with van der Waals surface area (Å²) in [5.41, 5.74) is 0. The number of carbonyl (C=O) groups is 3. The highest BCUT2D eigenvalue weighted by Gasteiger charge is 2.19. The van der Waals surface area contributed by atoms with Crippen molar-refractivity contribution in [2.45, 2.75) is 277 Å². The first-order valence-corrected chi connectivity index (χ1v) is 27.3. The smallest absolute Gasteiger partial charge is 0.306 e. The van der Waals surface area contributed by atoms with Gasteiger partial charge >= 0.3 is 17.9 Å². The number of carbonyl (C=O) groups excluding carboxylic acids is 3. The average molecular weight is 895 g/mol. The van der Waals surface area contributed by atoms with Gasteiger partial charge in [-0.2, -0.15) is 0 Å². The molecule has 64 heavy (non-hydrogen) atoms. The van der Waals surface area contributed by atoms with Gasteiger partial charge in [-0.15, -0.1) is 0 Å². The van der Waals surface area contributed by atoms with E-state index in [0.29, 0.717) is 19.3 Å². The van der Waals surface area contributed by atoms with Gasteiger partial charge in [0.25, 0.3) is 0 Å². The van der Waals surface area contributed by atoms with E-state index < -0.39 is 6.10 Å². The number of ether oxygens (including phenoxy) is 3. The van der Waals surface area contributed by atoms with Crippen LogP contribution in [0.25, 0.3) is 0 Å². The maximum absolute atomic E-state index is 12.8. The lowest BCUT2D eigenvalue weighted by atomic mass is 10.0. The Hall–Kier alpha value is -2.89. The molecule has 1 atom stereocenters. The van der Waals surface area contributed by atoms with Gasteiger partial charge in [-0.1, -0.05) is 248 Å². The van der Waals surface area contributed by atoms with E-state index in [1.807, 2.05) is 30.4 Å². The summed E-state index contributed by atoms with van der Waals surface area (Å²) in [6.45, 7) is 6.48. The highest BCUT2D eigenvalue weighted by atomic mass is 16.6. The molecule has 0 aliphatic carbocycles. The largest absolute Gasteiger partial charge is 0.462 e. The van der Waals surface area contributed by atoms with Crippen LogP contribution in [0.3, 0.4) is 0 Å². The Bertz CT molecular complexity index is 1170. The molecule has 0 fully saturated rings. The Kier molecular flexibility index (Phi) is 50.4. The van der Waals surface area contributed by atoms with Gasteiger partial charge in [-0.3, -0.25) is 14.4 Å². The third-order valence-corrected chi connectivity index (χ3v) is 11.9. The first-order valence-electron chi connectivity index (χ1n) is 27.3. The number of unbranched alkanes of at least 4 members (excludes halogenated alkanes) is 31. The van der Waals surface area contributed by atoms with Crippen LogP contribution in [0.5, 0.6) is 0 Å². The second-order valence-electron chi connectivity index (χ2n) is 18.2. The summed E-state index contributed by atoms with van der Waals surface area (Å²) in [7, 11) is 0. The van der Waals surface area contributed by atoms with Crippen LogP contribution < -0.4 is 0 Å². The molecule has 0 radical (unpaired) electrons. The average Bonchev–Trinajstić information content (AvgIpc) is 3.29. The first-order chi connectivity index (χ1) is 31.5. The molecule has 0 rings (SSSR count). The van der Waals surface area contributed by atoms with Crippen molar-refractivity contribution in [3.8, 4) is 0 Å². The van der Waals surface area contributed by atoms with Gasteiger partial charge in [0.2, 0.25) is 0 Å². The fourth-order valence-corrected chi connectivity index (χ4v) is 7.74. The lowest BCUT2D eigenvalue weighted by Gasteiger charge is -2.18. The zero-order chi connectivity index (χ0) is 46.5. The third-order valence-electron chi connectivity index (χ3n) is 11.9. The summed E-state index contributed by atoms with van der Waals surface area (Å²) in [5, 5.41) is 0. The fourth-order valence-electron chi connectivity index (χ4n) is 7.74. The maximum atomic E-state index is 12.8. The molecule has 0 aromatic heterocycles. The molecular formula is C58H102O6. The molecule has 370 valence electrons. The van der Waals surface area contributed by atoms with Gasteiger partial charge in [-0.25, -0.2) is 0 Å².